The third-order valence-electron chi connectivity index (χ3n) is 5.78. The van der Waals surface area contributed by atoms with Crippen LogP contribution in [0.2, 0.25) is 0 Å². The number of rotatable bonds is 9. The van der Waals surface area contributed by atoms with E-state index in [-0.39, 0.29) is 29.3 Å². The number of hydrogen-bond acceptors (Lipinski definition) is 7. The van der Waals surface area contributed by atoms with Gasteiger partial charge in [0.25, 0.3) is 0 Å². The Morgan fingerprint density at radius 1 is 1.23 bits per heavy atom. The molecule has 1 aliphatic heterocycles. The molecule has 1 aliphatic rings. The number of benzene rings is 2. The second kappa shape index (κ2) is 11.0. The summed E-state index contributed by atoms with van der Waals surface area (Å²) in [7, 11) is 1.27. The number of nitrogens with zero attached hydrogens (tertiary/aromatic N) is 1. The molecule has 0 spiro atoms. The fraction of sp³-hybridized carbons (Fsp3) is 0.269. The zero-order valence-electron chi connectivity index (χ0n) is 19.7. The number of nitrogens with one attached hydrogen (secondary N) is 1. The molecule has 184 valence electrons. The summed E-state index contributed by atoms with van der Waals surface area (Å²) in [6, 6.07) is 7.83. The number of ether oxygens (including phenoxy) is 2. The Kier molecular flexibility index (Phi) is 7.77. The van der Waals surface area contributed by atoms with Gasteiger partial charge in [-0.1, -0.05) is 26.0 Å². The number of likely N-dealkylation sites (N-methyl/N-ethyl adjacent to an activating group) is 1. The predicted octanol–water partition coefficient (Wildman–Crippen LogP) is 6.38. The molecule has 1 aromatic heterocycles. The van der Waals surface area contributed by atoms with Crippen LogP contribution in [0.25, 0.3) is 17.2 Å². The molecule has 2 aromatic carbocycles. The lowest BCUT2D eigenvalue weighted by Gasteiger charge is -2.21. The number of halogens is 2. The highest BCUT2D eigenvalue weighted by molar-refractivity contribution is 8.00. The highest BCUT2D eigenvalue weighted by atomic mass is 32.2. The number of carbonyl (C=O) groups is 1. The van der Waals surface area contributed by atoms with E-state index < -0.39 is 11.8 Å². The van der Waals surface area contributed by atoms with Crippen molar-refractivity contribution in [2.75, 3.05) is 31.5 Å². The summed E-state index contributed by atoms with van der Waals surface area (Å²) in [5.41, 5.74) is 1.96. The minimum Gasteiger partial charge on any atom is -0.484 e. The van der Waals surface area contributed by atoms with Gasteiger partial charge in [-0.15, -0.1) is 0 Å². The average Bonchev–Trinajstić information content (AvgIpc) is 3.26. The molecule has 9 heteroatoms. The topological polar surface area (TPSA) is 63.9 Å². The van der Waals surface area contributed by atoms with Gasteiger partial charge in [0.1, 0.15) is 30.0 Å². The van der Waals surface area contributed by atoms with Gasteiger partial charge >= 0.3 is 5.97 Å². The lowest BCUT2D eigenvalue weighted by molar-refractivity contribution is 0.0596. The molecular weight excluding hydrogens is 474 g/mol. The van der Waals surface area contributed by atoms with E-state index in [0.717, 1.165) is 30.8 Å². The maximum atomic E-state index is 14.3. The van der Waals surface area contributed by atoms with Crippen LogP contribution in [-0.2, 0) is 11.3 Å². The average molecular weight is 501 g/mol. The molecular formula is C26H26F2N2O4S. The molecule has 3 aromatic rings. The van der Waals surface area contributed by atoms with Crippen molar-refractivity contribution in [1.29, 1.82) is 0 Å². The Balaban J connectivity index is 1.63. The molecule has 6 nitrogen and oxygen atoms in total. The predicted molar refractivity (Wildman–Crippen MR) is 132 cm³/mol. The van der Waals surface area contributed by atoms with Gasteiger partial charge in [-0.25, -0.2) is 13.6 Å². The number of methoxy groups -OCH3 is 1. The van der Waals surface area contributed by atoms with Crippen molar-refractivity contribution in [3.63, 3.8) is 0 Å². The van der Waals surface area contributed by atoms with Crippen LogP contribution in [0.5, 0.6) is 5.75 Å². The Bertz CT molecular complexity index is 1250. The van der Waals surface area contributed by atoms with Crippen LogP contribution in [0.4, 0.5) is 14.5 Å². The largest absolute Gasteiger partial charge is 0.484 e. The number of fused-ring (bicyclic) bond motifs is 3. The fourth-order valence-electron chi connectivity index (χ4n) is 3.88. The first-order valence-electron chi connectivity index (χ1n) is 11.2. The van der Waals surface area contributed by atoms with Gasteiger partial charge in [0.2, 0.25) is 0 Å². The number of furan rings is 1. The van der Waals surface area contributed by atoms with Crippen LogP contribution in [0.1, 0.15) is 35.5 Å². The van der Waals surface area contributed by atoms with Crippen molar-refractivity contribution in [3.05, 3.63) is 71.2 Å². The molecule has 0 bridgehead atoms. The first-order valence-corrected chi connectivity index (χ1v) is 12.0. The summed E-state index contributed by atoms with van der Waals surface area (Å²) in [5, 5.41) is 0. The van der Waals surface area contributed by atoms with Crippen LogP contribution in [0, 0.1) is 11.6 Å². The minimum atomic E-state index is -0.629. The summed E-state index contributed by atoms with van der Waals surface area (Å²) in [4.78, 5) is 15.7. The summed E-state index contributed by atoms with van der Waals surface area (Å²) < 4.78 is 47.4. The maximum Gasteiger partial charge on any atom is 0.343 e. The fourth-order valence-corrected chi connectivity index (χ4v) is 4.65. The van der Waals surface area contributed by atoms with Crippen molar-refractivity contribution < 1.29 is 27.5 Å². The SMILES string of the molecule is CCN(CC)C/C=C\c1cc(F)ccc1SNc1ccc2c(c1C(=O)OC)OCc1occ(F)c1-2. The van der Waals surface area contributed by atoms with E-state index in [1.807, 2.05) is 12.2 Å². The Labute approximate surface area is 207 Å². The van der Waals surface area contributed by atoms with Gasteiger partial charge in [0.05, 0.1) is 18.4 Å². The quantitative estimate of drug-likeness (QED) is 0.270. The van der Waals surface area contributed by atoms with E-state index in [4.69, 9.17) is 13.9 Å². The van der Waals surface area contributed by atoms with Crippen LogP contribution < -0.4 is 9.46 Å². The Hall–Kier alpha value is -3.30. The molecule has 0 atom stereocenters. The Morgan fingerprint density at radius 2 is 2.03 bits per heavy atom. The van der Waals surface area contributed by atoms with Gasteiger partial charge in [-0.3, -0.25) is 0 Å². The van der Waals surface area contributed by atoms with Gasteiger partial charge in [0, 0.05) is 17.0 Å². The van der Waals surface area contributed by atoms with E-state index in [2.05, 4.69) is 23.5 Å². The minimum absolute atomic E-state index is 0.00765. The second-order valence-electron chi connectivity index (χ2n) is 7.80. The second-order valence-corrected chi connectivity index (χ2v) is 8.65. The third-order valence-corrected chi connectivity index (χ3v) is 6.70. The molecule has 35 heavy (non-hydrogen) atoms. The van der Waals surface area contributed by atoms with Crippen molar-refractivity contribution >= 4 is 29.7 Å². The number of hydrogen-bond donors (Lipinski definition) is 1. The first kappa shape index (κ1) is 24.8. The van der Waals surface area contributed by atoms with E-state index in [0.29, 0.717) is 22.6 Å². The monoisotopic (exact) mass is 500 g/mol. The summed E-state index contributed by atoms with van der Waals surface area (Å²) in [5.74, 6) is -0.923. The van der Waals surface area contributed by atoms with E-state index in [1.165, 1.54) is 31.2 Å². The zero-order chi connectivity index (χ0) is 24.9. The molecule has 0 saturated heterocycles. The molecule has 0 fully saturated rings. The summed E-state index contributed by atoms with van der Waals surface area (Å²) >= 11 is 1.22. The van der Waals surface area contributed by atoms with E-state index in [9.17, 15) is 13.6 Å². The zero-order valence-corrected chi connectivity index (χ0v) is 20.5. The molecule has 0 unspecified atom stereocenters. The maximum absolute atomic E-state index is 14.3. The molecule has 2 heterocycles. The Morgan fingerprint density at radius 3 is 2.77 bits per heavy atom. The summed E-state index contributed by atoms with van der Waals surface area (Å²) in [6.45, 7) is 6.78. The van der Waals surface area contributed by atoms with Crippen molar-refractivity contribution in [3.8, 4) is 16.9 Å². The first-order chi connectivity index (χ1) is 17.0. The summed E-state index contributed by atoms with van der Waals surface area (Å²) in [6.07, 6.45) is 4.90. The lowest BCUT2D eigenvalue weighted by Crippen LogP contribution is -2.22. The molecule has 0 aliphatic carbocycles. The van der Waals surface area contributed by atoms with Crippen molar-refractivity contribution in [2.45, 2.75) is 25.3 Å². The van der Waals surface area contributed by atoms with Crippen LogP contribution in [0.15, 0.2) is 52.0 Å². The smallest absolute Gasteiger partial charge is 0.343 e. The van der Waals surface area contributed by atoms with Crippen LogP contribution >= 0.6 is 11.9 Å². The molecule has 0 saturated carbocycles. The van der Waals surface area contributed by atoms with Gasteiger partial charge in [-0.2, -0.15) is 0 Å². The lowest BCUT2D eigenvalue weighted by atomic mass is 9.98. The van der Waals surface area contributed by atoms with E-state index >= 15 is 0 Å². The molecule has 0 amide bonds. The number of anilines is 1. The number of esters is 1. The van der Waals surface area contributed by atoms with Crippen LogP contribution in [-0.4, -0.2) is 37.6 Å². The van der Waals surface area contributed by atoms with Gasteiger partial charge in [-0.05, 0) is 60.9 Å². The normalized spacial score (nSPS) is 12.4. The standard InChI is InChI=1S/C26H26F2N2O4S/c1-4-30(5-2)12-6-7-16-13-17(27)8-11-22(16)35-29-20-10-9-18-23-19(28)14-33-21(23)15-34-25(18)24(20)26(31)32-3/h6-11,13-14,29H,4-5,12,15H2,1-3H3/b7-6-. The third kappa shape index (κ3) is 5.21. The van der Waals surface area contributed by atoms with Crippen molar-refractivity contribution in [1.82, 2.24) is 4.90 Å². The molecule has 4 rings (SSSR count). The van der Waals surface area contributed by atoms with Crippen LogP contribution in [0.3, 0.4) is 0 Å². The highest BCUT2D eigenvalue weighted by Crippen LogP contribution is 2.45. The van der Waals surface area contributed by atoms with Crippen molar-refractivity contribution in [2.24, 2.45) is 0 Å². The molecule has 1 N–H and O–H groups in total. The highest BCUT2D eigenvalue weighted by Gasteiger charge is 2.30. The van der Waals surface area contributed by atoms with Gasteiger partial charge < -0.3 is 23.5 Å². The van der Waals surface area contributed by atoms with Gasteiger partial charge in [0.15, 0.2) is 11.6 Å². The number of carbonyl (C=O) groups excluding carboxylic acids is 1. The molecule has 0 radical (unpaired) electrons. The van der Waals surface area contributed by atoms with E-state index in [1.54, 1.807) is 18.2 Å².